The molecule has 0 amide bonds. The summed E-state index contributed by atoms with van der Waals surface area (Å²) in [5, 5.41) is 0. The Morgan fingerprint density at radius 1 is 1.47 bits per heavy atom. The first-order valence-electron chi connectivity index (χ1n) is 5.90. The molecule has 0 saturated carbocycles. The number of fused-ring (bicyclic) bond motifs is 3. The van der Waals surface area contributed by atoms with Gasteiger partial charge in [0.15, 0.2) is 11.4 Å². The van der Waals surface area contributed by atoms with Crippen molar-refractivity contribution in [3.8, 4) is 5.75 Å². The quantitative estimate of drug-likeness (QED) is 0.757. The Bertz CT molecular complexity index is 562. The Labute approximate surface area is 100 Å². The van der Waals surface area contributed by atoms with Crippen molar-refractivity contribution >= 4 is 5.65 Å². The first-order chi connectivity index (χ1) is 8.20. The highest BCUT2D eigenvalue weighted by Crippen LogP contribution is 2.32. The molecule has 4 heteroatoms. The van der Waals surface area contributed by atoms with Crippen molar-refractivity contribution in [3.05, 3.63) is 29.7 Å². The zero-order chi connectivity index (χ0) is 12.0. The van der Waals surface area contributed by atoms with E-state index in [0.717, 1.165) is 29.2 Å². The highest BCUT2D eigenvalue weighted by molar-refractivity contribution is 5.56. The standard InChI is InChI=1S/C13H16N2O2/c1-8-7-10-12(9(2)17-8)15-6-4-5-11(16-3)13(15)14-10/h4-6,8-9H,7H2,1-3H3. The Morgan fingerprint density at radius 2 is 2.29 bits per heavy atom. The molecular weight excluding hydrogens is 216 g/mol. The first-order valence-corrected chi connectivity index (χ1v) is 5.90. The summed E-state index contributed by atoms with van der Waals surface area (Å²) in [6.07, 6.45) is 3.19. The Morgan fingerprint density at radius 3 is 3.06 bits per heavy atom. The zero-order valence-corrected chi connectivity index (χ0v) is 10.3. The van der Waals surface area contributed by atoms with Crippen molar-refractivity contribution in [2.45, 2.75) is 32.5 Å². The maximum Gasteiger partial charge on any atom is 0.180 e. The molecule has 2 unspecified atom stereocenters. The minimum absolute atomic E-state index is 0.0795. The van der Waals surface area contributed by atoms with Gasteiger partial charge in [-0.25, -0.2) is 4.98 Å². The van der Waals surface area contributed by atoms with Crippen molar-refractivity contribution in [2.24, 2.45) is 0 Å². The van der Waals surface area contributed by atoms with E-state index in [1.807, 2.05) is 18.3 Å². The largest absolute Gasteiger partial charge is 0.493 e. The van der Waals surface area contributed by atoms with Crippen LogP contribution in [-0.4, -0.2) is 22.6 Å². The number of ether oxygens (including phenoxy) is 2. The van der Waals surface area contributed by atoms with E-state index in [2.05, 4.69) is 23.2 Å². The van der Waals surface area contributed by atoms with Gasteiger partial charge in [0.05, 0.1) is 30.7 Å². The summed E-state index contributed by atoms with van der Waals surface area (Å²) in [5.74, 6) is 0.807. The molecule has 1 aliphatic heterocycles. The van der Waals surface area contributed by atoms with Crippen LogP contribution in [0.1, 0.15) is 31.3 Å². The molecule has 0 bridgehead atoms. The van der Waals surface area contributed by atoms with Crippen LogP contribution in [0.3, 0.4) is 0 Å². The first kappa shape index (κ1) is 10.6. The third-order valence-corrected chi connectivity index (χ3v) is 3.25. The number of rotatable bonds is 1. The summed E-state index contributed by atoms with van der Waals surface area (Å²) in [6, 6.07) is 3.90. The number of imidazole rings is 1. The fraction of sp³-hybridized carbons (Fsp3) is 0.462. The molecular formula is C13H16N2O2. The third-order valence-electron chi connectivity index (χ3n) is 3.25. The molecule has 0 aromatic carbocycles. The van der Waals surface area contributed by atoms with Gasteiger partial charge in [0, 0.05) is 12.6 Å². The second-order valence-corrected chi connectivity index (χ2v) is 4.51. The lowest BCUT2D eigenvalue weighted by Gasteiger charge is -2.25. The topological polar surface area (TPSA) is 35.8 Å². The van der Waals surface area contributed by atoms with Crippen LogP contribution in [-0.2, 0) is 11.2 Å². The van der Waals surface area contributed by atoms with Crippen molar-refractivity contribution in [3.63, 3.8) is 0 Å². The molecule has 0 aliphatic carbocycles. The van der Waals surface area contributed by atoms with E-state index in [-0.39, 0.29) is 12.2 Å². The van der Waals surface area contributed by atoms with E-state index in [0.29, 0.717) is 0 Å². The molecule has 0 radical (unpaired) electrons. The lowest BCUT2D eigenvalue weighted by atomic mass is 10.1. The van der Waals surface area contributed by atoms with E-state index >= 15 is 0 Å². The average molecular weight is 232 g/mol. The van der Waals surface area contributed by atoms with Crippen molar-refractivity contribution in [1.82, 2.24) is 9.38 Å². The second-order valence-electron chi connectivity index (χ2n) is 4.51. The summed E-state index contributed by atoms with van der Waals surface area (Å²) >= 11 is 0. The molecule has 0 N–H and O–H groups in total. The van der Waals surface area contributed by atoms with Gasteiger partial charge in [0.25, 0.3) is 0 Å². The van der Waals surface area contributed by atoms with Crippen LogP contribution in [0.25, 0.3) is 5.65 Å². The van der Waals surface area contributed by atoms with E-state index < -0.39 is 0 Å². The molecule has 2 aromatic heterocycles. The molecule has 17 heavy (non-hydrogen) atoms. The fourth-order valence-corrected chi connectivity index (χ4v) is 2.58. The van der Waals surface area contributed by atoms with Crippen LogP contribution in [0.4, 0.5) is 0 Å². The Kier molecular flexibility index (Phi) is 2.33. The molecule has 0 spiro atoms. The van der Waals surface area contributed by atoms with Gasteiger partial charge in [-0.2, -0.15) is 0 Å². The number of pyridine rings is 1. The van der Waals surface area contributed by atoms with Gasteiger partial charge < -0.3 is 9.47 Å². The molecule has 2 atom stereocenters. The number of aromatic nitrogens is 2. The maximum atomic E-state index is 5.85. The summed E-state index contributed by atoms with van der Waals surface area (Å²) < 4.78 is 13.3. The number of hydrogen-bond acceptors (Lipinski definition) is 3. The van der Waals surface area contributed by atoms with Crippen LogP contribution < -0.4 is 4.74 Å². The SMILES string of the molecule is COc1cccn2c3c(nc12)CC(C)OC3C. The predicted molar refractivity (Wildman–Crippen MR) is 64.4 cm³/mol. The number of hydrogen-bond donors (Lipinski definition) is 0. The van der Waals surface area contributed by atoms with Gasteiger partial charge in [-0.3, -0.25) is 4.40 Å². The smallest absolute Gasteiger partial charge is 0.180 e. The van der Waals surface area contributed by atoms with Crippen LogP contribution in [0.5, 0.6) is 5.75 Å². The normalized spacial score (nSPS) is 23.7. The molecule has 0 fully saturated rings. The molecule has 2 aromatic rings. The lowest BCUT2D eigenvalue weighted by molar-refractivity contribution is -0.00833. The second kappa shape index (κ2) is 3.74. The molecule has 3 heterocycles. The molecule has 1 aliphatic rings. The van der Waals surface area contributed by atoms with Gasteiger partial charge in [-0.1, -0.05) is 0 Å². The van der Waals surface area contributed by atoms with Gasteiger partial charge in [0.1, 0.15) is 0 Å². The lowest BCUT2D eigenvalue weighted by Crippen LogP contribution is -2.22. The highest BCUT2D eigenvalue weighted by Gasteiger charge is 2.27. The molecule has 0 saturated heterocycles. The van der Waals surface area contributed by atoms with Gasteiger partial charge in [0.2, 0.25) is 0 Å². The van der Waals surface area contributed by atoms with Crippen LogP contribution in [0.2, 0.25) is 0 Å². The fourth-order valence-electron chi connectivity index (χ4n) is 2.58. The minimum atomic E-state index is 0.0795. The number of methoxy groups -OCH3 is 1. The van der Waals surface area contributed by atoms with Crippen LogP contribution in [0.15, 0.2) is 18.3 Å². The van der Waals surface area contributed by atoms with E-state index in [1.165, 1.54) is 0 Å². The van der Waals surface area contributed by atoms with Crippen molar-refractivity contribution < 1.29 is 9.47 Å². The van der Waals surface area contributed by atoms with E-state index in [1.54, 1.807) is 7.11 Å². The average Bonchev–Trinajstić information content (AvgIpc) is 2.66. The van der Waals surface area contributed by atoms with Crippen LogP contribution >= 0.6 is 0 Å². The monoisotopic (exact) mass is 232 g/mol. The third kappa shape index (κ3) is 1.52. The zero-order valence-electron chi connectivity index (χ0n) is 10.3. The maximum absolute atomic E-state index is 5.85. The summed E-state index contributed by atoms with van der Waals surface area (Å²) in [4.78, 5) is 4.68. The van der Waals surface area contributed by atoms with Crippen molar-refractivity contribution in [1.29, 1.82) is 0 Å². The molecule has 3 rings (SSSR count). The summed E-state index contributed by atoms with van der Waals surface area (Å²) in [6.45, 7) is 4.16. The van der Waals surface area contributed by atoms with Gasteiger partial charge in [-0.05, 0) is 26.0 Å². The molecule has 4 nitrogen and oxygen atoms in total. The van der Waals surface area contributed by atoms with E-state index in [4.69, 9.17) is 9.47 Å². The van der Waals surface area contributed by atoms with Gasteiger partial charge in [-0.15, -0.1) is 0 Å². The Balaban J connectivity index is 2.27. The highest BCUT2D eigenvalue weighted by atomic mass is 16.5. The predicted octanol–water partition coefficient (Wildman–Crippen LogP) is 2.37. The Hall–Kier alpha value is -1.55. The van der Waals surface area contributed by atoms with Crippen molar-refractivity contribution in [2.75, 3.05) is 7.11 Å². The summed E-state index contributed by atoms with van der Waals surface area (Å²) in [7, 11) is 1.67. The number of nitrogens with zero attached hydrogens (tertiary/aromatic N) is 2. The van der Waals surface area contributed by atoms with Crippen LogP contribution in [0, 0.1) is 0 Å². The molecule has 90 valence electrons. The van der Waals surface area contributed by atoms with Gasteiger partial charge >= 0.3 is 0 Å². The summed E-state index contributed by atoms with van der Waals surface area (Å²) in [5.41, 5.74) is 3.15. The minimum Gasteiger partial charge on any atom is -0.493 e. The van der Waals surface area contributed by atoms with E-state index in [9.17, 15) is 0 Å².